The molecule has 0 aliphatic heterocycles. The molecule has 1 heterocycles. The topological polar surface area (TPSA) is 77.2 Å². The SMILES string of the molecule is COc1ccc(NC(=O)C(N)C(C)(C)C)cn1. The number of nitrogens with zero attached hydrogens (tertiary/aromatic N) is 1. The molecule has 1 amide bonds. The van der Waals surface area contributed by atoms with E-state index in [0.717, 1.165) is 0 Å². The molecule has 0 fully saturated rings. The van der Waals surface area contributed by atoms with Crippen molar-refractivity contribution in [1.29, 1.82) is 0 Å². The van der Waals surface area contributed by atoms with Crippen LogP contribution in [0.1, 0.15) is 20.8 Å². The van der Waals surface area contributed by atoms with Crippen LogP contribution in [0.15, 0.2) is 18.3 Å². The molecule has 1 aromatic rings. The van der Waals surface area contributed by atoms with E-state index in [-0.39, 0.29) is 11.3 Å². The normalized spacial score (nSPS) is 13.0. The van der Waals surface area contributed by atoms with E-state index in [0.29, 0.717) is 11.6 Å². The van der Waals surface area contributed by atoms with Gasteiger partial charge in [0.25, 0.3) is 0 Å². The number of nitrogens with two attached hydrogens (primary N) is 1. The summed E-state index contributed by atoms with van der Waals surface area (Å²) in [7, 11) is 1.54. The predicted octanol–water partition coefficient (Wildman–Crippen LogP) is 1.40. The number of rotatable bonds is 3. The van der Waals surface area contributed by atoms with E-state index in [1.54, 1.807) is 12.1 Å². The molecular formula is C12H19N3O2. The Morgan fingerprint density at radius 1 is 1.47 bits per heavy atom. The third-order valence-electron chi connectivity index (χ3n) is 2.43. The first-order chi connectivity index (χ1) is 7.84. The summed E-state index contributed by atoms with van der Waals surface area (Å²) in [6.45, 7) is 5.76. The third kappa shape index (κ3) is 3.71. The van der Waals surface area contributed by atoms with Crippen LogP contribution in [0, 0.1) is 5.41 Å². The number of carbonyl (C=O) groups is 1. The van der Waals surface area contributed by atoms with E-state index in [1.165, 1.54) is 13.3 Å². The van der Waals surface area contributed by atoms with Crippen LogP contribution in [0.3, 0.4) is 0 Å². The number of aromatic nitrogens is 1. The average molecular weight is 237 g/mol. The molecule has 5 heteroatoms. The van der Waals surface area contributed by atoms with E-state index in [4.69, 9.17) is 10.5 Å². The lowest BCUT2D eigenvalue weighted by atomic mass is 9.87. The molecule has 5 nitrogen and oxygen atoms in total. The maximum atomic E-state index is 11.8. The summed E-state index contributed by atoms with van der Waals surface area (Å²) in [6.07, 6.45) is 1.53. The first kappa shape index (κ1) is 13.4. The molecule has 0 spiro atoms. The van der Waals surface area contributed by atoms with Crippen LogP contribution in [-0.4, -0.2) is 24.0 Å². The zero-order valence-corrected chi connectivity index (χ0v) is 10.7. The Bertz CT molecular complexity index is 382. The van der Waals surface area contributed by atoms with E-state index in [9.17, 15) is 4.79 Å². The van der Waals surface area contributed by atoms with Crippen LogP contribution < -0.4 is 15.8 Å². The summed E-state index contributed by atoms with van der Waals surface area (Å²) in [5, 5.41) is 2.72. The molecule has 0 aliphatic carbocycles. The third-order valence-corrected chi connectivity index (χ3v) is 2.43. The van der Waals surface area contributed by atoms with E-state index < -0.39 is 6.04 Å². The Kier molecular flexibility index (Phi) is 4.07. The largest absolute Gasteiger partial charge is 0.481 e. The van der Waals surface area contributed by atoms with Gasteiger partial charge in [-0.3, -0.25) is 4.79 Å². The number of anilines is 1. The van der Waals surface area contributed by atoms with E-state index >= 15 is 0 Å². The van der Waals surface area contributed by atoms with Crippen LogP contribution in [-0.2, 0) is 4.79 Å². The fourth-order valence-corrected chi connectivity index (χ4v) is 1.19. The van der Waals surface area contributed by atoms with Crippen LogP contribution in [0.25, 0.3) is 0 Å². The number of carbonyl (C=O) groups excluding carboxylic acids is 1. The van der Waals surface area contributed by atoms with Gasteiger partial charge in [-0.1, -0.05) is 20.8 Å². The zero-order chi connectivity index (χ0) is 13.1. The number of methoxy groups -OCH3 is 1. The minimum Gasteiger partial charge on any atom is -0.481 e. The summed E-state index contributed by atoms with van der Waals surface area (Å²) < 4.78 is 4.93. The summed E-state index contributed by atoms with van der Waals surface area (Å²) in [5.74, 6) is 0.285. The van der Waals surface area contributed by atoms with Gasteiger partial charge >= 0.3 is 0 Å². The lowest BCUT2D eigenvalue weighted by Gasteiger charge is -2.25. The number of pyridine rings is 1. The van der Waals surface area contributed by atoms with Crippen LogP contribution in [0.2, 0.25) is 0 Å². The van der Waals surface area contributed by atoms with Crippen molar-refractivity contribution in [1.82, 2.24) is 4.98 Å². The molecule has 1 rings (SSSR count). The van der Waals surface area contributed by atoms with Gasteiger partial charge in [-0.15, -0.1) is 0 Å². The lowest BCUT2D eigenvalue weighted by Crippen LogP contribution is -2.45. The van der Waals surface area contributed by atoms with Gasteiger partial charge in [0.1, 0.15) is 0 Å². The maximum Gasteiger partial charge on any atom is 0.241 e. The van der Waals surface area contributed by atoms with Crippen molar-refractivity contribution in [3.8, 4) is 5.88 Å². The van der Waals surface area contributed by atoms with Gasteiger partial charge in [-0.25, -0.2) is 4.98 Å². The molecule has 0 bridgehead atoms. The van der Waals surface area contributed by atoms with Gasteiger partial charge in [0.2, 0.25) is 11.8 Å². The second kappa shape index (κ2) is 5.14. The minimum absolute atomic E-state index is 0.218. The second-order valence-corrected chi connectivity index (χ2v) is 4.92. The van der Waals surface area contributed by atoms with E-state index in [2.05, 4.69) is 10.3 Å². The van der Waals surface area contributed by atoms with Crippen molar-refractivity contribution in [2.24, 2.45) is 11.1 Å². The van der Waals surface area contributed by atoms with Gasteiger partial charge in [0.05, 0.1) is 25.0 Å². The molecule has 0 aromatic carbocycles. The molecule has 0 saturated heterocycles. The van der Waals surface area contributed by atoms with Gasteiger partial charge in [0.15, 0.2) is 0 Å². The Morgan fingerprint density at radius 2 is 2.12 bits per heavy atom. The van der Waals surface area contributed by atoms with Crippen LogP contribution >= 0.6 is 0 Å². The number of ether oxygens (including phenoxy) is 1. The molecule has 1 unspecified atom stereocenters. The van der Waals surface area contributed by atoms with Crippen LogP contribution in [0.4, 0.5) is 5.69 Å². The second-order valence-electron chi connectivity index (χ2n) is 4.92. The first-order valence-corrected chi connectivity index (χ1v) is 5.41. The highest BCUT2D eigenvalue weighted by molar-refractivity contribution is 5.95. The smallest absolute Gasteiger partial charge is 0.241 e. The Morgan fingerprint density at radius 3 is 2.53 bits per heavy atom. The van der Waals surface area contributed by atoms with Crippen molar-refractivity contribution >= 4 is 11.6 Å². The van der Waals surface area contributed by atoms with Gasteiger partial charge in [0, 0.05) is 6.07 Å². The van der Waals surface area contributed by atoms with Crippen molar-refractivity contribution in [3.63, 3.8) is 0 Å². The molecule has 0 aliphatic rings. The fourth-order valence-electron chi connectivity index (χ4n) is 1.19. The predicted molar refractivity (Wildman–Crippen MR) is 66.8 cm³/mol. The quantitative estimate of drug-likeness (QED) is 0.833. The number of nitrogens with one attached hydrogen (secondary N) is 1. The fraction of sp³-hybridized carbons (Fsp3) is 0.500. The van der Waals surface area contributed by atoms with Crippen molar-refractivity contribution < 1.29 is 9.53 Å². The minimum atomic E-state index is -0.565. The van der Waals surface area contributed by atoms with Crippen molar-refractivity contribution in [3.05, 3.63) is 18.3 Å². The standard InChI is InChI=1S/C12H19N3O2/c1-12(2,3)10(13)11(16)15-8-5-6-9(17-4)14-7-8/h5-7,10H,13H2,1-4H3,(H,15,16). The highest BCUT2D eigenvalue weighted by Gasteiger charge is 2.27. The maximum absolute atomic E-state index is 11.8. The van der Waals surface area contributed by atoms with Crippen molar-refractivity contribution in [2.75, 3.05) is 12.4 Å². The highest BCUT2D eigenvalue weighted by Crippen LogP contribution is 2.19. The lowest BCUT2D eigenvalue weighted by molar-refractivity contribution is -0.119. The number of hydrogen-bond donors (Lipinski definition) is 2. The molecule has 94 valence electrons. The molecule has 0 saturated carbocycles. The Hall–Kier alpha value is -1.62. The first-order valence-electron chi connectivity index (χ1n) is 5.41. The summed E-state index contributed by atoms with van der Waals surface area (Å²) in [6, 6.07) is 2.83. The highest BCUT2D eigenvalue weighted by atomic mass is 16.5. The average Bonchev–Trinajstić information content (AvgIpc) is 2.27. The van der Waals surface area contributed by atoms with Crippen LogP contribution in [0.5, 0.6) is 5.88 Å². The molecular weight excluding hydrogens is 218 g/mol. The zero-order valence-electron chi connectivity index (χ0n) is 10.7. The van der Waals surface area contributed by atoms with Gasteiger partial charge in [-0.2, -0.15) is 0 Å². The van der Waals surface area contributed by atoms with E-state index in [1.807, 2.05) is 20.8 Å². The summed E-state index contributed by atoms with van der Waals surface area (Å²) in [4.78, 5) is 15.8. The number of hydrogen-bond acceptors (Lipinski definition) is 4. The summed E-state index contributed by atoms with van der Waals surface area (Å²) in [5.41, 5.74) is 6.17. The monoisotopic (exact) mass is 237 g/mol. The molecule has 0 radical (unpaired) electrons. The number of amides is 1. The van der Waals surface area contributed by atoms with Gasteiger partial charge < -0.3 is 15.8 Å². The Balaban J connectivity index is 2.68. The van der Waals surface area contributed by atoms with Crippen molar-refractivity contribution in [2.45, 2.75) is 26.8 Å². The summed E-state index contributed by atoms with van der Waals surface area (Å²) >= 11 is 0. The molecule has 17 heavy (non-hydrogen) atoms. The molecule has 1 atom stereocenters. The molecule has 1 aromatic heterocycles. The van der Waals surface area contributed by atoms with Gasteiger partial charge in [-0.05, 0) is 11.5 Å². The Labute approximate surface area is 101 Å². The molecule has 3 N–H and O–H groups in total.